The maximum atomic E-state index is 12.7. The smallest absolute Gasteiger partial charge is 0.389 e. The van der Waals surface area contributed by atoms with Crippen LogP contribution in [0.2, 0.25) is 0 Å². The predicted molar refractivity (Wildman–Crippen MR) is 227 cm³/mol. The molecule has 6 N–H and O–H groups in total. The second-order valence-corrected chi connectivity index (χ2v) is 16.2. The fraction of sp³-hybridized carbons (Fsp3) is 0.795. The van der Waals surface area contributed by atoms with Crippen LogP contribution in [0.25, 0.3) is 0 Å². The molecule has 9 nitrogen and oxygen atoms in total. The van der Waals surface area contributed by atoms with Crippen LogP contribution in [0.5, 0.6) is 0 Å². The number of hydrogen-bond acceptors (Lipinski definition) is 7. The average molecular weight is 783 g/mol. The third-order valence-electron chi connectivity index (χ3n) is 9.44. The van der Waals surface area contributed by atoms with E-state index in [1.54, 1.807) is 12.2 Å². The van der Waals surface area contributed by atoms with Crippen molar-refractivity contribution >= 4 is 13.7 Å². The van der Waals surface area contributed by atoms with Crippen molar-refractivity contribution in [3.05, 3.63) is 48.6 Å². The van der Waals surface area contributed by atoms with Crippen LogP contribution in [0.4, 0.5) is 0 Å². The second-order valence-electron chi connectivity index (χ2n) is 14.7. The van der Waals surface area contributed by atoms with Gasteiger partial charge in [-0.15, -0.1) is 0 Å². The van der Waals surface area contributed by atoms with Crippen molar-refractivity contribution in [2.24, 2.45) is 5.73 Å². The largest absolute Gasteiger partial charge is 0.472 e. The van der Waals surface area contributed by atoms with Crippen molar-refractivity contribution in [1.29, 1.82) is 0 Å². The zero-order valence-corrected chi connectivity index (χ0v) is 35.5. The molecule has 54 heavy (non-hydrogen) atoms. The van der Waals surface area contributed by atoms with Crippen molar-refractivity contribution in [2.75, 3.05) is 19.8 Å². The van der Waals surface area contributed by atoms with Gasteiger partial charge in [-0.05, 0) is 44.9 Å². The number of phosphoric ester groups is 1. The molecule has 0 aliphatic heterocycles. The van der Waals surface area contributed by atoms with E-state index in [2.05, 4.69) is 43.5 Å². The van der Waals surface area contributed by atoms with Gasteiger partial charge in [-0.1, -0.05) is 184 Å². The minimum absolute atomic E-state index is 0.0354. The molecule has 4 atom stereocenters. The van der Waals surface area contributed by atoms with Gasteiger partial charge in [0.05, 0.1) is 37.9 Å². The van der Waals surface area contributed by atoms with Crippen molar-refractivity contribution in [2.45, 2.75) is 205 Å². The van der Waals surface area contributed by atoms with E-state index < -0.39 is 38.6 Å². The molecular formula is C44H83N2O7P. The molecule has 0 saturated carbocycles. The summed E-state index contributed by atoms with van der Waals surface area (Å²) in [5, 5.41) is 23.8. The lowest BCUT2D eigenvalue weighted by Crippen LogP contribution is -2.46. The lowest BCUT2D eigenvalue weighted by Gasteiger charge is -2.23. The third-order valence-corrected chi connectivity index (χ3v) is 10.4. The zero-order chi connectivity index (χ0) is 39.8. The van der Waals surface area contributed by atoms with Crippen LogP contribution in [-0.2, 0) is 18.4 Å². The molecule has 1 amide bonds. The summed E-state index contributed by atoms with van der Waals surface area (Å²) in [7, 11) is -4.42. The van der Waals surface area contributed by atoms with Crippen LogP contribution in [0.3, 0.4) is 0 Å². The van der Waals surface area contributed by atoms with Crippen LogP contribution < -0.4 is 11.1 Å². The Bertz CT molecular complexity index is 1000. The molecule has 10 heteroatoms. The lowest BCUT2D eigenvalue weighted by molar-refractivity contribution is -0.124. The van der Waals surface area contributed by atoms with Gasteiger partial charge in [-0.2, -0.15) is 0 Å². The molecule has 0 aromatic carbocycles. The third kappa shape index (κ3) is 37.3. The summed E-state index contributed by atoms with van der Waals surface area (Å²) in [5.41, 5.74) is 5.35. The van der Waals surface area contributed by atoms with Gasteiger partial charge in [0.25, 0.3) is 0 Å². The molecule has 0 fully saturated rings. The second kappa shape index (κ2) is 39.6. The fourth-order valence-electron chi connectivity index (χ4n) is 6.13. The highest BCUT2D eigenvalue weighted by Gasteiger charge is 2.27. The highest BCUT2D eigenvalue weighted by molar-refractivity contribution is 7.47. The molecule has 0 heterocycles. The Balaban J connectivity index is 4.41. The Morgan fingerprint density at radius 2 is 1.09 bits per heavy atom. The summed E-state index contributed by atoms with van der Waals surface area (Å²) in [6, 6.07) is -1.03. The first-order valence-electron chi connectivity index (χ1n) is 21.9. The van der Waals surface area contributed by atoms with Gasteiger partial charge in [0.15, 0.2) is 0 Å². The SMILES string of the molecule is CCCCCCCC/C=C\C/C=C\C(O)CC(=O)NC(COP(=O)(O)OCCN)C(O)/C=C/CC/C=C/CCCCCCCCCCCCCCCCC. The molecule has 0 aliphatic carbocycles. The van der Waals surface area contributed by atoms with E-state index in [9.17, 15) is 24.5 Å². The highest BCUT2D eigenvalue weighted by Crippen LogP contribution is 2.43. The zero-order valence-electron chi connectivity index (χ0n) is 34.6. The Morgan fingerprint density at radius 3 is 1.61 bits per heavy atom. The maximum absolute atomic E-state index is 12.7. The number of unbranched alkanes of at least 4 members (excludes halogenated alkanes) is 22. The Kier molecular flexibility index (Phi) is 38.5. The van der Waals surface area contributed by atoms with Gasteiger partial charge < -0.3 is 26.2 Å². The molecule has 0 saturated heterocycles. The normalized spacial score (nSPS) is 15.1. The first kappa shape index (κ1) is 52.4. The number of carbonyl (C=O) groups excluding carboxylic acids is 1. The van der Waals surface area contributed by atoms with E-state index in [1.165, 1.54) is 135 Å². The maximum Gasteiger partial charge on any atom is 0.472 e. The number of amides is 1. The molecule has 0 spiro atoms. The number of allylic oxidation sites excluding steroid dienone is 6. The van der Waals surface area contributed by atoms with Crippen LogP contribution in [-0.4, -0.2) is 59.0 Å². The van der Waals surface area contributed by atoms with Gasteiger partial charge in [-0.25, -0.2) is 4.57 Å². The van der Waals surface area contributed by atoms with Crippen molar-refractivity contribution in [3.63, 3.8) is 0 Å². The number of hydrogen-bond donors (Lipinski definition) is 5. The topological polar surface area (TPSA) is 151 Å². The molecule has 0 bridgehead atoms. The first-order chi connectivity index (χ1) is 26.3. The Labute approximate surface area is 331 Å². The number of rotatable bonds is 40. The number of phosphoric acid groups is 1. The van der Waals surface area contributed by atoms with E-state index >= 15 is 0 Å². The van der Waals surface area contributed by atoms with E-state index in [4.69, 9.17) is 14.8 Å². The van der Waals surface area contributed by atoms with E-state index in [0.29, 0.717) is 12.8 Å². The van der Waals surface area contributed by atoms with E-state index in [1.807, 2.05) is 12.2 Å². The van der Waals surface area contributed by atoms with Crippen LogP contribution in [0.15, 0.2) is 48.6 Å². The molecule has 0 radical (unpaired) electrons. The van der Waals surface area contributed by atoms with Gasteiger partial charge >= 0.3 is 7.82 Å². The Morgan fingerprint density at radius 1 is 0.630 bits per heavy atom. The molecule has 316 valence electrons. The Hall–Kier alpha value is -1.58. The molecule has 0 aliphatic rings. The lowest BCUT2D eigenvalue weighted by atomic mass is 10.0. The minimum atomic E-state index is -4.42. The summed E-state index contributed by atoms with van der Waals surface area (Å²) in [4.78, 5) is 22.7. The van der Waals surface area contributed by atoms with Gasteiger partial charge in [-0.3, -0.25) is 13.8 Å². The van der Waals surface area contributed by atoms with E-state index in [-0.39, 0.29) is 19.6 Å². The summed E-state index contributed by atoms with van der Waals surface area (Å²) in [6.45, 7) is 3.88. The number of aliphatic hydroxyl groups is 2. The summed E-state index contributed by atoms with van der Waals surface area (Å²) in [6.07, 6.45) is 45.2. The predicted octanol–water partition coefficient (Wildman–Crippen LogP) is 11.1. The van der Waals surface area contributed by atoms with Crippen LogP contribution >= 0.6 is 7.82 Å². The molecule has 0 aromatic heterocycles. The monoisotopic (exact) mass is 783 g/mol. The average Bonchev–Trinajstić information content (AvgIpc) is 3.15. The standard InChI is InChI=1S/C44H83N2O7P/c1-3-5-7-9-11-13-15-16-17-18-19-20-21-22-23-24-26-28-30-32-34-36-43(48)42(40-53-54(50,51)52-38-37-45)46-44(49)39-41(47)35-33-31-29-27-25-14-12-10-8-6-4-2/h26-29,33-36,41-43,47-48H,3-25,30-32,37-40,45H2,1-2H3,(H,46,49)(H,50,51)/b28-26+,29-27-,35-33-,36-34+. The van der Waals surface area contributed by atoms with Crippen molar-refractivity contribution in [3.8, 4) is 0 Å². The number of nitrogens with two attached hydrogens (primary N) is 1. The number of aliphatic hydroxyl groups excluding tert-OH is 2. The molecule has 0 rings (SSSR count). The van der Waals surface area contributed by atoms with Crippen molar-refractivity contribution < 1.29 is 33.5 Å². The fourth-order valence-corrected chi connectivity index (χ4v) is 6.89. The number of nitrogens with one attached hydrogen (secondary N) is 1. The summed E-state index contributed by atoms with van der Waals surface area (Å²) >= 11 is 0. The highest BCUT2D eigenvalue weighted by atomic mass is 31.2. The molecule has 4 unspecified atom stereocenters. The van der Waals surface area contributed by atoms with E-state index in [0.717, 1.165) is 19.3 Å². The van der Waals surface area contributed by atoms with Gasteiger partial charge in [0.2, 0.25) is 5.91 Å². The van der Waals surface area contributed by atoms with Gasteiger partial charge in [0, 0.05) is 6.54 Å². The summed E-state index contributed by atoms with van der Waals surface area (Å²) in [5.74, 6) is -0.524. The first-order valence-corrected chi connectivity index (χ1v) is 23.4. The van der Waals surface area contributed by atoms with Crippen LogP contribution in [0.1, 0.15) is 187 Å². The number of carbonyl (C=O) groups is 1. The minimum Gasteiger partial charge on any atom is -0.389 e. The quantitative estimate of drug-likeness (QED) is 0.0234. The summed E-state index contributed by atoms with van der Waals surface area (Å²) < 4.78 is 22.0. The molecular weight excluding hydrogens is 699 g/mol. The molecule has 0 aromatic rings. The van der Waals surface area contributed by atoms with Gasteiger partial charge in [0.1, 0.15) is 0 Å². The van der Waals surface area contributed by atoms with Crippen molar-refractivity contribution in [1.82, 2.24) is 5.32 Å². The van der Waals surface area contributed by atoms with Crippen LogP contribution in [0, 0.1) is 0 Å².